The van der Waals surface area contributed by atoms with Gasteiger partial charge >= 0.3 is 0 Å². The minimum Gasteiger partial charge on any atom is -0.355 e. The number of nitrogens with one attached hydrogen (secondary N) is 2. The first kappa shape index (κ1) is 18.1. The summed E-state index contributed by atoms with van der Waals surface area (Å²) in [7, 11) is 1.56. The van der Waals surface area contributed by atoms with Gasteiger partial charge in [0.15, 0.2) is 0 Å². The lowest BCUT2D eigenvalue weighted by Gasteiger charge is -2.11. The molecule has 0 fully saturated rings. The standard InChI is InChI=1S/C21H20N4O2/c1-15-7-6-10-18(20(15)21(27)22-2)24-19(26)12-11-16-13-23-25(14-16)17-8-4-3-5-9-17/h3-14H,1-2H3,(H,22,27)(H,24,26)/b12-11+. The lowest BCUT2D eigenvalue weighted by atomic mass is 10.1. The van der Waals surface area contributed by atoms with Gasteiger partial charge in [0.05, 0.1) is 23.1 Å². The summed E-state index contributed by atoms with van der Waals surface area (Å²) in [5.41, 5.74) is 3.46. The van der Waals surface area contributed by atoms with Gasteiger partial charge in [-0.3, -0.25) is 9.59 Å². The zero-order chi connectivity index (χ0) is 19.2. The van der Waals surface area contributed by atoms with Crippen LogP contribution in [0.4, 0.5) is 5.69 Å². The maximum Gasteiger partial charge on any atom is 0.253 e. The molecule has 0 spiro atoms. The Morgan fingerprint density at radius 1 is 1.07 bits per heavy atom. The molecule has 0 unspecified atom stereocenters. The molecule has 0 bridgehead atoms. The minimum atomic E-state index is -0.321. The van der Waals surface area contributed by atoms with Crippen LogP contribution in [0.15, 0.2) is 67.0 Å². The fraction of sp³-hybridized carbons (Fsp3) is 0.0952. The average molecular weight is 360 g/mol. The highest BCUT2D eigenvalue weighted by molar-refractivity contribution is 6.08. The molecule has 1 heterocycles. The van der Waals surface area contributed by atoms with Gasteiger partial charge in [0.1, 0.15) is 0 Å². The predicted octanol–water partition coefficient (Wildman–Crippen LogP) is 3.19. The predicted molar refractivity (Wildman–Crippen MR) is 106 cm³/mol. The molecule has 0 aliphatic rings. The van der Waals surface area contributed by atoms with Crippen LogP contribution in [0.2, 0.25) is 0 Å². The van der Waals surface area contributed by atoms with Gasteiger partial charge in [-0.05, 0) is 36.8 Å². The van der Waals surface area contributed by atoms with Crippen molar-refractivity contribution >= 4 is 23.6 Å². The summed E-state index contributed by atoms with van der Waals surface area (Å²) >= 11 is 0. The van der Waals surface area contributed by atoms with Crippen molar-refractivity contribution in [2.75, 3.05) is 12.4 Å². The summed E-state index contributed by atoms with van der Waals surface area (Å²) in [5, 5.41) is 9.64. The van der Waals surface area contributed by atoms with Gasteiger partial charge < -0.3 is 10.6 Å². The highest BCUT2D eigenvalue weighted by atomic mass is 16.2. The van der Waals surface area contributed by atoms with E-state index in [1.54, 1.807) is 36.1 Å². The first-order chi connectivity index (χ1) is 13.1. The van der Waals surface area contributed by atoms with Crippen molar-refractivity contribution in [3.05, 3.63) is 83.7 Å². The van der Waals surface area contributed by atoms with Crippen LogP contribution >= 0.6 is 0 Å². The van der Waals surface area contributed by atoms with Crippen LogP contribution in [0, 0.1) is 6.92 Å². The molecule has 2 aromatic carbocycles. The number of hydrogen-bond acceptors (Lipinski definition) is 3. The number of rotatable bonds is 5. The number of para-hydroxylation sites is 1. The van der Waals surface area contributed by atoms with E-state index in [2.05, 4.69) is 15.7 Å². The van der Waals surface area contributed by atoms with E-state index in [4.69, 9.17) is 0 Å². The lowest BCUT2D eigenvalue weighted by molar-refractivity contribution is -0.111. The number of aromatic nitrogens is 2. The van der Waals surface area contributed by atoms with Gasteiger partial charge in [0.25, 0.3) is 5.91 Å². The van der Waals surface area contributed by atoms with Crippen molar-refractivity contribution in [3.8, 4) is 5.69 Å². The number of amides is 2. The zero-order valence-electron chi connectivity index (χ0n) is 15.1. The van der Waals surface area contributed by atoms with Crippen molar-refractivity contribution in [2.45, 2.75) is 6.92 Å². The highest BCUT2D eigenvalue weighted by Gasteiger charge is 2.13. The Bertz CT molecular complexity index is 990. The highest BCUT2D eigenvalue weighted by Crippen LogP contribution is 2.19. The van der Waals surface area contributed by atoms with Gasteiger partial charge in [-0.25, -0.2) is 4.68 Å². The molecule has 27 heavy (non-hydrogen) atoms. The monoisotopic (exact) mass is 360 g/mol. The fourth-order valence-electron chi connectivity index (χ4n) is 2.69. The number of benzene rings is 2. The molecule has 2 amide bonds. The number of carbonyl (C=O) groups is 2. The second kappa shape index (κ2) is 8.14. The van der Waals surface area contributed by atoms with Crippen LogP contribution in [0.25, 0.3) is 11.8 Å². The van der Waals surface area contributed by atoms with Crippen molar-refractivity contribution < 1.29 is 9.59 Å². The third-order valence-electron chi connectivity index (χ3n) is 4.04. The Labute approximate surface area is 157 Å². The smallest absolute Gasteiger partial charge is 0.253 e. The van der Waals surface area contributed by atoms with Gasteiger partial charge in [-0.15, -0.1) is 0 Å². The van der Waals surface area contributed by atoms with Gasteiger partial charge in [0.2, 0.25) is 5.91 Å². The number of aryl methyl sites for hydroxylation is 1. The molecular formula is C21H20N4O2. The second-order valence-electron chi connectivity index (χ2n) is 5.95. The SMILES string of the molecule is CNC(=O)c1c(C)cccc1NC(=O)/C=C/c1cnn(-c2ccccc2)c1. The van der Waals surface area contributed by atoms with E-state index in [0.29, 0.717) is 11.3 Å². The summed E-state index contributed by atoms with van der Waals surface area (Å²) in [4.78, 5) is 24.3. The topological polar surface area (TPSA) is 76.0 Å². The van der Waals surface area contributed by atoms with E-state index >= 15 is 0 Å². The van der Waals surface area contributed by atoms with Crippen molar-refractivity contribution in [2.24, 2.45) is 0 Å². The molecule has 0 saturated carbocycles. The molecule has 1 aromatic heterocycles. The van der Waals surface area contributed by atoms with Crippen molar-refractivity contribution in [1.82, 2.24) is 15.1 Å². The molecule has 6 heteroatoms. The number of carbonyl (C=O) groups excluding carboxylic acids is 2. The Kier molecular flexibility index (Phi) is 5.47. The molecule has 0 aliphatic heterocycles. The number of nitrogens with zero attached hydrogens (tertiary/aromatic N) is 2. The molecule has 3 rings (SSSR count). The van der Waals surface area contributed by atoms with E-state index < -0.39 is 0 Å². The van der Waals surface area contributed by atoms with Gasteiger partial charge in [-0.2, -0.15) is 5.10 Å². The van der Waals surface area contributed by atoms with Crippen molar-refractivity contribution in [3.63, 3.8) is 0 Å². The fourth-order valence-corrected chi connectivity index (χ4v) is 2.69. The lowest BCUT2D eigenvalue weighted by Crippen LogP contribution is -2.22. The molecule has 2 N–H and O–H groups in total. The van der Waals surface area contributed by atoms with E-state index in [9.17, 15) is 9.59 Å². The Balaban J connectivity index is 1.73. The van der Waals surface area contributed by atoms with E-state index in [1.165, 1.54) is 6.08 Å². The third-order valence-corrected chi connectivity index (χ3v) is 4.04. The van der Waals surface area contributed by atoms with Crippen molar-refractivity contribution in [1.29, 1.82) is 0 Å². The largest absolute Gasteiger partial charge is 0.355 e. The van der Waals surface area contributed by atoms with E-state index in [0.717, 1.165) is 16.8 Å². The number of hydrogen-bond donors (Lipinski definition) is 2. The molecule has 0 atom stereocenters. The maximum absolute atomic E-state index is 12.3. The third kappa shape index (κ3) is 4.30. The molecule has 0 saturated heterocycles. The second-order valence-corrected chi connectivity index (χ2v) is 5.95. The Morgan fingerprint density at radius 2 is 1.85 bits per heavy atom. The molecule has 6 nitrogen and oxygen atoms in total. The van der Waals surface area contributed by atoms with E-state index in [1.807, 2.05) is 49.5 Å². The first-order valence-electron chi connectivity index (χ1n) is 8.49. The first-order valence-corrected chi connectivity index (χ1v) is 8.49. The molecule has 0 aliphatic carbocycles. The Hall–Kier alpha value is -3.67. The molecule has 136 valence electrons. The Morgan fingerprint density at radius 3 is 2.59 bits per heavy atom. The summed E-state index contributed by atoms with van der Waals surface area (Å²) in [6, 6.07) is 15.0. The minimum absolute atomic E-state index is 0.239. The van der Waals surface area contributed by atoms with Crippen LogP contribution in [0.1, 0.15) is 21.5 Å². The van der Waals surface area contributed by atoms with Crippen LogP contribution in [-0.4, -0.2) is 28.6 Å². The van der Waals surface area contributed by atoms with Crippen LogP contribution in [0.5, 0.6) is 0 Å². The maximum atomic E-state index is 12.3. The van der Waals surface area contributed by atoms with Crippen LogP contribution < -0.4 is 10.6 Å². The van der Waals surface area contributed by atoms with E-state index in [-0.39, 0.29) is 11.8 Å². The summed E-state index contributed by atoms with van der Waals surface area (Å²) < 4.78 is 1.74. The van der Waals surface area contributed by atoms with Gasteiger partial charge in [0, 0.05) is 24.9 Å². The quantitative estimate of drug-likeness (QED) is 0.686. The average Bonchev–Trinajstić information content (AvgIpc) is 3.16. The summed E-state index contributed by atoms with van der Waals surface area (Å²) in [6.07, 6.45) is 6.61. The number of anilines is 1. The van der Waals surface area contributed by atoms with Gasteiger partial charge in [-0.1, -0.05) is 30.3 Å². The molecule has 3 aromatic rings. The molecule has 0 radical (unpaired) electrons. The molecular weight excluding hydrogens is 340 g/mol. The normalized spacial score (nSPS) is 10.7. The van der Waals surface area contributed by atoms with Crippen LogP contribution in [0.3, 0.4) is 0 Å². The summed E-state index contributed by atoms with van der Waals surface area (Å²) in [6.45, 7) is 1.83. The zero-order valence-corrected chi connectivity index (χ0v) is 15.1. The van der Waals surface area contributed by atoms with Crippen LogP contribution in [-0.2, 0) is 4.79 Å². The summed E-state index contributed by atoms with van der Waals surface area (Å²) in [5.74, 6) is -0.560.